The van der Waals surface area contributed by atoms with Crippen molar-refractivity contribution in [3.63, 3.8) is 0 Å². The second-order valence-corrected chi connectivity index (χ2v) is 3.43. The fourth-order valence-electron chi connectivity index (χ4n) is 1.24. The van der Waals surface area contributed by atoms with E-state index in [0.29, 0.717) is 0 Å². The summed E-state index contributed by atoms with van der Waals surface area (Å²) in [6, 6.07) is 1.23. The molecule has 0 unspecified atom stereocenters. The molecule has 0 saturated heterocycles. The van der Waals surface area contributed by atoms with Crippen LogP contribution < -0.4 is 5.73 Å². The zero-order valence-corrected chi connectivity index (χ0v) is 8.49. The maximum atomic E-state index is 10.5. The third-order valence-corrected chi connectivity index (χ3v) is 2.19. The average Bonchev–Trinajstić information content (AvgIpc) is 2.20. The first-order valence-electron chi connectivity index (χ1n) is 4.48. The van der Waals surface area contributed by atoms with E-state index in [2.05, 4.69) is 0 Å². The Morgan fingerprint density at radius 1 is 1.44 bits per heavy atom. The van der Waals surface area contributed by atoms with Gasteiger partial charge >= 0.3 is 5.69 Å². The molecule has 0 aliphatic heterocycles. The minimum Gasteiger partial charge on any atom is -0.504 e. The maximum Gasteiger partial charge on any atom is 0.314 e. The number of aromatic hydroxyl groups is 2. The first-order chi connectivity index (χ1) is 7.34. The van der Waals surface area contributed by atoms with Crippen molar-refractivity contribution in [2.45, 2.75) is 19.1 Å². The molecule has 0 spiro atoms. The number of nitro benzene ring substituents is 1. The normalized spacial score (nSPS) is 14.4. The molecule has 7 nitrogen and oxygen atoms in total. The van der Waals surface area contributed by atoms with Crippen LogP contribution in [0.25, 0.3) is 0 Å². The molecule has 0 radical (unpaired) electrons. The highest BCUT2D eigenvalue weighted by molar-refractivity contribution is 5.57. The lowest BCUT2D eigenvalue weighted by molar-refractivity contribution is -0.386. The van der Waals surface area contributed by atoms with Gasteiger partial charge in [-0.25, -0.2) is 0 Å². The number of nitro groups is 1. The van der Waals surface area contributed by atoms with Crippen LogP contribution in [0.5, 0.6) is 11.5 Å². The lowest BCUT2D eigenvalue weighted by Gasteiger charge is -2.15. The van der Waals surface area contributed by atoms with Gasteiger partial charge in [-0.3, -0.25) is 10.1 Å². The molecule has 7 heteroatoms. The van der Waals surface area contributed by atoms with Crippen molar-refractivity contribution in [2.24, 2.45) is 5.73 Å². The predicted octanol–water partition coefficient (Wildman–Crippen LogP) is 0.387. The standard InChI is InChI=1S/C9H12N2O5/c1-4(12)8(10)5-2-6(11(15)16)9(14)7(13)3-5/h2-4,8,12-14H,10H2,1H3/t4-,8-/m0/s1. The van der Waals surface area contributed by atoms with Crippen LogP contribution in [0.15, 0.2) is 12.1 Å². The fraction of sp³-hybridized carbons (Fsp3) is 0.333. The molecule has 0 saturated carbocycles. The monoisotopic (exact) mass is 228 g/mol. The lowest BCUT2D eigenvalue weighted by Crippen LogP contribution is -2.23. The number of rotatable bonds is 3. The SMILES string of the molecule is C[C@H](O)[C@H](N)c1cc(O)c(O)c([N+](=O)[O-])c1. The number of hydrogen-bond acceptors (Lipinski definition) is 6. The van der Waals surface area contributed by atoms with Crippen LogP contribution in [-0.4, -0.2) is 26.3 Å². The Labute approximate surface area is 90.9 Å². The van der Waals surface area contributed by atoms with E-state index in [1.165, 1.54) is 6.92 Å². The number of phenols is 2. The smallest absolute Gasteiger partial charge is 0.314 e. The molecule has 0 fully saturated rings. The highest BCUT2D eigenvalue weighted by Crippen LogP contribution is 2.37. The van der Waals surface area contributed by atoms with E-state index in [1.54, 1.807) is 0 Å². The van der Waals surface area contributed by atoms with E-state index in [0.717, 1.165) is 12.1 Å². The molecule has 1 aromatic rings. The van der Waals surface area contributed by atoms with Gasteiger partial charge in [0.25, 0.3) is 0 Å². The van der Waals surface area contributed by atoms with Crippen molar-refractivity contribution >= 4 is 5.69 Å². The molecule has 0 bridgehead atoms. The molecule has 0 heterocycles. The molecule has 5 N–H and O–H groups in total. The van der Waals surface area contributed by atoms with Crippen LogP contribution >= 0.6 is 0 Å². The van der Waals surface area contributed by atoms with Gasteiger partial charge in [-0.05, 0) is 18.6 Å². The highest BCUT2D eigenvalue weighted by atomic mass is 16.6. The Kier molecular flexibility index (Phi) is 3.31. The first-order valence-corrected chi connectivity index (χ1v) is 4.48. The zero-order chi connectivity index (χ0) is 12.5. The van der Waals surface area contributed by atoms with Crippen LogP contribution in [-0.2, 0) is 0 Å². The van der Waals surface area contributed by atoms with Gasteiger partial charge in [0.1, 0.15) is 0 Å². The average molecular weight is 228 g/mol. The van der Waals surface area contributed by atoms with E-state index >= 15 is 0 Å². The Morgan fingerprint density at radius 3 is 2.44 bits per heavy atom. The molecule has 1 aromatic carbocycles. The van der Waals surface area contributed by atoms with Crippen LogP contribution in [0.3, 0.4) is 0 Å². The van der Waals surface area contributed by atoms with Gasteiger partial charge in [0.15, 0.2) is 5.75 Å². The summed E-state index contributed by atoms with van der Waals surface area (Å²) in [7, 11) is 0. The summed E-state index contributed by atoms with van der Waals surface area (Å²) in [6.07, 6.45) is -0.927. The zero-order valence-electron chi connectivity index (χ0n) is 8.49. The predicted molar refractivity (Wildman–Crippen MR) is 55.0 cm³/mol. The number of nitrogens with two attached hydrogens (primary N) is 1. The van der Waals surface area contributed by atoms with Gasteiger partial charge < -0.3 is 21.1 Å². The summed E-state index contributed by atoms with van der Waals surface area (Å²) < 4.78 is 0. The van der Waals surface area contributed by atoms with Crippen molar-refractivity contribution in [2.75, 3.05) is 0 Å². The number of benzene rings is 1. The van der Waals surface area contributed by atoms with Crippen LogP contribution in [0.1, 0.15) is 18.5 Å². The van der Waals surface area contributed by atoms with Gasteiger partial charge in [0.2, 0.25) is 5.75 Å². The largest absolute Gasteiger partial charge is 0.504 e. The van der Waals surface area contributed by atoms with Gasteiger partial charge in [-0.15, -0.1) is 0 Å². The van der Waals surface area contributed by atoms with Gasteiger partial charge in [-0.2, -0.15) is 0 Å². The molecule has 16 heavy (non-hydrogen) atoms. The van der Waals surface area contributed by atoms with Crippen molar-refractivity contribution in [3.8, 4) is 11.5 Å². The molecule has 0 aromatic heterocycles. The van der Waals surface area contributed by atoms with Gasteiger partial charge in [-0.1, -0.05) is 0 Å². The lowest BCUT2D eigenvalue weighted by atomic mass is 10.0. The van der Waals surface area contributed by atoms with Crippen molar-refractivity contribution < 1.29 is 20.2 Å². The van der Waals surface area contributed by atoms with Crippen LogP contribution in [0.4, 0.5) is 5.69 Å². The number of aliphatic hydroxyl groups is 1. The fourth-order valence-corrected chi connectivity index (χ4v) is 1.24. The summed E-state index contributed by atoms with van der Waals surface area (Å²) >= 11 is 0. The molecular formula is C9H12N2O5. The van der Waals surface area contributed by atoms with Gasteiger partial charge in [0, 0.05) is 6.07 Å². The third kappa shape index (κ3) is 2.20. The van der Waals surface area contributed by atoms with E-state index in [9.17, 15) is 25.4 Å². The van der Waals surface area contributed by atoms with Crippen molar-refractivity contribution in [1.29, 1.82) is 0 Å². The molecule has 0 amide bonds. The topological polar surface area (TPSA) is 130 Å². The van der Waals surface area contributed by atoms with E-state index in [1.807, 2.05) is 0 Å². The third-order valence-electron chi connectivity index (χ3n) is 2.19. The van der Waals surface area contributed by atoms with E-state index < -0.39 is 34.3 Å². The molecule has 88 valence electrons. The molecule has 0 aliphatic rings. The summed E-state index contributed by atoms with van der Waals surface area (Å²) in [4.78, 5) is 9.71. The molecule has 1 rings (SSSR count). The second kappa shape index (κ2) is 4.33. The van der Waals surface area contributed by atoms with Crippen molar-refractivity contribution in [3.05, 3.63) is 27.8 Å². The van der Waals surface area contributed by atoms with E-state index in [-0.39, 0.29) is 5.56 Å². The quantitative estimate of drug-likeness (QED) is 0.336. The number of nitrogens with zero attached hydrogens (tertiary/aromatic N) is 1. The summed E-state index contributed by atoms with van der Waals surface area (Å²) in [6.45, 7) is 1.42. The first kappa shape index (κ1) is 12.2. The number of aliphatic hydroxyl groups excluding tert-OH is 1. The maximum absolute atomic E-state index is 10.5. The van der Waals surface area contributed by atoms with Crippen LogP contribution in [0.2, 0.25) is 0 Å². The summed E-state index contributed by atoms with van der Waals surface area (Å²) in [5, 5.41) is 38.3. The number of phenolic OH excluding ortho intramolecular Hbond substituents is 2. The Bertz CT molecular complexity index is 419. The Hall–Kier alpha value is -1.86. The van der Waals surface area contributed by atoms with Gasteiger partial charge in [0.05, 0.1) is 17.1 Å². The second-order valence-electron chi connectivity index (χ2n) is 3.43. The minimum atomic E-state index is -0.927. The molecule has 0 aliphatic carbocycles. The summed E-state index contributed by atoms with van der Waals surface area (Å²) in [5.41, 5.74) is 5.09. The number of hydrogen-bond donors (Lipinski definition) is 4. The summed E-state index contributed by atoms with van der Waals surface area (Å²) in [5.74, 6) is -1.45. The van der Waals surface area contributed by atoms with E-state index in [4.69, 9.17) is 5.73 Å². The highest BCUT2D eigenvalue weighted by Gasteiger charge is 2.22. The Morgan fingerprint density at radius 2 is 2.00 bits per heavy atom. The molecular weight excluding hydrogens is 216 g/mol. The van der Waals surface area contributed by atoms with Crippen molar-refractivity contribution in [1.82, 2.24) is 0 Å². The minimum absolute atomic E-state index is 0.178. The van der Waals surface area contributed by atoms with Crippen LogP contribution in [0, 0.1) is 10.1 Å². The molecule has 2 atom stereocenters. The Balaban J connectivity index is 3.29.